The van der Waals surface area contributed by atoms with E-state index in [-0.39, 0.29) is 5.91 Å². The number of hydrogen-bond acceptors (Lipinski definition) is 5. The van der Waals surface area contributed by atoms with Crippen molar-refractivity contribution in [2.75, 3.05) is 5.32 Å². The van der Waals surface area contributed by atoms with Crippen molar-refractivity contribution in [3.05, 3.63) is 77.4 Å². The van der Waals surface area contributed by atoms with E-state index >= 15 is 0 Å². The normalized spacial score (nSPS) is 10.4. The summed E-state index contributed by atoms with van der Waals surface area (Å²) in [4.78, 5) is 24.9. The van der Waals surface area contributed by atoms with Crippen molar-refractivity contribution < 1.29 is 4.79 Å². The Labute approximate surface area is 159 Å². The first-order valence-electron chi connectivity index (χ1n) is 9.08. The fourth-order valence-corrected chi connectivity index (χ4v) is 2.81. The molecule has 1 amide bonds. The van der Waals surface area contributed by atoms with Crippen LogP contribution in [0.3, 0.4) is 0 Å². The van der Waals surface area contributed by atoms with Crippen molar-refractivity contribution in [1.29, 1.82) is 0 Å². The minimum atomic E-state index is -0.214. The largest absolute Gasteiger partial charge is 0.348 e. The van der Waals surface area contributed by atoms with Crippen molar-refractivity contribution >= 4 is 17.5 Å². The Morgan fingerprint density at radius 1 is 0.963 bits per heavy atom. The van der Waals surface area contributed by atoms with Gasteiger partial charge in [0.15, 0.2) is 0 Å². The van der Waals surface area contributed by atoms with Crippen LogP contribution < -0.4 is 10.6 Å². The topological polar surface area (TPSA) is 79.8 Å². The molecule has 0 radical (unpaired) electrons. The number of hydrogen-bond donors (Lipinski definition) is 2. The summed E-state index contributed by atoms with van der Waals surface area (Å²) < 4.78 is 0. The highest BCUT2D eigenvalue weighted by atomic mass is 16.1. The van der Waals surface area contributed by atoms with Crippen LogP contribution in [0.1, 0.15) is 40.9 Å². The summed E-state index contributed by atoms with van der Waals surface area (Å²) in [6.07, 6.45) is 8.34. The zero-order valence-corrected chi connectivity index (χ0v) is 15.6. The molecule has 0 saturated heterocycles. The van der Waals surface area contributed by atoms with E-state index in [0.29, 0.717) is 18.1 Å². The first-order chi connectivity index (χ1) is 13.2. The Bertz CT molecular complexity index is 872. The lowest BCUT2D eigenvalue weighted by molar-refractivity contribution is 0.0950. The van der Waals surface area contributed by atoms with E-state index in [1.54, 1.807) is 12.4 Å². The Morgan fingerprint density at radius 2 is 1.67 bits per heavy atom. The van der Waals surface area contributed by atoms with E-state index < -0.39 is 0 Å². The Balaban J connectivity index is 1.68. The summed E-state index contributed by atoms with van der Waals surface area (Å²) >= 11 is 0. The lowest BCUT2D eigenvalue weighted by Gasteiger charge is -2.14. The summed E-state index contributed by atoms with van der Waals surface area (Å²) in [5.41, 5.74) is 4.85. The van der Waals surface area contributed by atoms with Crippen molar-refractivity contribution in [3.63, 3.8) is 0 Å². The van der Waals surface area contributed by atoms with Crippen molar-refractivity contribution in [3.8, 4) is 0 Å². The average molecular weight is 361 g/mol. The molecule has 0 aliphatic carbocycles. The molecule has 0 spiro atoms. The fourth-order valence-electron chi connectivity index (χ4n) is 2.81. The van der Waals surface area contributed by atoms with Gasteiger partial charge in [-0.1, -0.05) is 38.1 Å². The number of aromatic nitrogens is 3. The lowest BCUT2D eigenvalue weighted by Crippen LogP contribution is -2.23. The minimum Gasteiger partial charge on any atom is -0.348 e. The Hall–Kier alpha value is -3.28. The molecular formula is C21H23N5O. The van der Waals surface area contributed by atoms with Crippen molar-refractivity contribution in [2.45, 2.75) is 33.2 Å². The molecule has 3 aromatic rings. The molecule has 2 aromatic heterocycles. The average Bonchev–Trinajstić information content (AvgIpc) is 2.73. The molecule has 0 bridgehead atoms. The molecule has 138 valence electrons. The molecule has 0 atom stereocenters. The van der Waals surface area contributed by atoms with Gasteiger partial charge in [-0.2, -0.15) is 0 Å². The number of pyridine rings is 1. The second-order valence-corrected chi connectivity index (χ2v) is 6.12. The number of benzene rings is 1. The number of carbonyl (C=O) groups excluding carboxylic acids is 1. The molecule has 2 N–H and O–H groups in total. The second kappa shape index (κ2) is 8.89. The Morgan fingerprint density at radius 3 is 2.26 bits per heavy atom. The van der Waals surface area contributed by atoms with Gasteiger partial charge < -0.3 is 10.6 Å². The molecule has 27 heavy (non-hydrogen) atoms. The first-order valence-corrected chi connectivity index (χ1v) is 9.08. The van der Waals surface area contributed by atoms with Gasteiger partial charge in [-0.05, 0) is 35.6 Å². The molecular weight excluding hydrogens is 338 g/mol. The minimum absolute atomic E-state index is 0.214. The van der Waals surface area contributed by atoms with Gasteiger partial charge in [-0.25, -0.2) is 9.97 Å². The number of nitrogens with one attached hydrogen (secondary N) is 2. The monoisotopic (exact) mass is 361 g/mol. The van der Waals surface area contributed by atoms with Gasteiger partial charge in [-0.15, -0.1) is 0 Å². The van der Waals surface area contributed by atoms with Crippen LogP contribution in [0.4, 0.5) is 11.6 Å². The number of para-hydroxylation sites is 1. The molecule has 1 aromatic carbocycles. The van der Waals surface area contributed by atoms with Gasteiger partial charge in [0, 0.05) is 37.0 Å². The standard InChI is InChI=1S/C21H23N5O/c1-3-16-8-5-9-17(4-2)19(16)26-21-24-13-18(14-25-21)20(27)23-12-15-7-6-10-22-11-15/h5-11,13-14H,3-4,12H2,1-2H3,(H,23,27)(H,24,25,26). The number of rotatable bonds is 7. The number of aryl methyl sites for hydroxylation is 2. The molecule has 0 unspecified atom stereocenters. The molecule has 0 aliphatic heterocycles. The molecule has 2 heterocycles. The van der Waals surface area contributed by atoms with E-state index in [2.05, 4.69) is 57.6 Å². The van der Waals surface area contributed by atoms with Crippen LogP contribution in [-0.4, -0.2) is 20.9 Å². The molecule has 0 aliphatic rings. The highest BCUT2D eigenvalue weighted by Gasteiger charge is 2.10. The van der Waals surface area contributed by atoms with Gasteiger partial charge in [0.25, 0.3) is 5.91 Å². The quantitative estimate of drug-likeness (QED) is 0.671. The summed E-state index contributed by atoms with van der Waals surface area (Å²) in [5, 5.41) is 6.15. The summed E-state index contributed by atoms with van der Waals surface area (Å²) in [6, 6.07) is 10.0. The third-order valence-electron chi connectivity index (χ3n) is 4.33. The highest BCUT2D eigenvalue weighted by molar-refractivity contribution is 5.93. The van der Waals surface area contributed by atoms with Crippen molar-refractivity contribution in [2.24, 2.45) is 0 Å². The van der Waals surface area contributed by atoms with E-state index in [1.165, 1.54) is 23.5 Å². The molecule has 6 heteroatoms. The van der Waals surface area contributed by atoms with Crippen LogP contribution >= 0.6 is 0 Å². The summed E-state index contributed by atoms with van der Waals surface area (Å²) in [5.74, 6) is 0.267. The maximum atomic E-state index is 12.3. The molecule has 0 fully saturated rings. The maximum Gasteiger partial charge on any atom is 0.254 e. The third-order valence-corrected chi connectivity index (χ3v) is 4.33. The van der Waals surface area contributed by atoms with E-state index in [0.717, 1.165) is 24.1 Å². The van der Waals surface area contributed by atoms with Gasteiger partial charge in [0.05, 0.1) is 5.56 Å². The zero-order valence-electron chi connectivity index (χ0n) is 15.6. The van der Waals surface area contributed by atoms with Crippen LogP contribution in [0.2, 0.25) is 0 Å². The van der Waals surface area contributed by atoms with Gasteiger partial charge in [-0.3, -0.25) is 9.78 Å². The maximum absolute atomic E-state index is 12.3. The SMILES string of the molecule is CCc1cccc(CC)c1Nc1ncc(C(=O)NCc2cccnc2)cn1. The number of amides is 1. The van der Waals surface area contributed by atoms with Crippen LogP contribution in [0.5, 0.6) is 0 Å². The zero-order chi connectivity index (χ0) is 19.1. The smallest absolute Gasteiger partial charge is 0.254 e. The van der Waals surface area contributed by atoms with Crippen LogP contribution in [-0.2, 0) is 19.4 Å². The molecule has 0 saturated carbocycles. The molecule has 6 nitrogen and oxygen atoms in total. The highest BCUT2D eigenvalue weighted by Crippen LogP contribution is 2.25. The fraction of sp³-hybridized carbons (Fsp3) is 0.238. The van der Waals surface area contributed by atoms with Crippen LogP contribution in [0.15, 0.2) is 55.1 Å². The van der Waals surface area contributed by atoms with E-state index in [1.807, 2.05) is 12.1 Å². The van der Waals surface area contributed by atoms with Crippen LogP contribution in [0, 0.1) is 0 Å². The van der Waals surface area contributed by atoms with E-state index in [9.17, 15) is 4.79 Å². The van der Waals surface area contributed by atoms with Crippen LogP contribution in [0.25, 0.3) is 0 Å². The van der Waals surface area contributed by atoms with Gasteiger partial charge in [0.1, 0.15) is 0 Å². The molecule has 3 rings (SSSR count). The van der Waals surface area contributed by atoms with E-state index in [4.69, 9.17) is 0 Å². The van der Waals surface area contributed by atoms with Crippen molar-refractivity contribution in [1.82, 2.24) is 20.3 Å². The van der Waals surface area contributed by atoms with Gasteiger partial charge >= 0.3 is 0 Å². The van der Waals surface area contributed by atoms with Gasteiger partial charge in [0.2, 0.25) is 5.95 Å². The second-order valence-electron chi connectivity index (χ2n) is 6.12. The predicted octanol–water partition coefficient (Wildman–Crippen LogP) is 3.67. The first kappa shape index (κ1) is 18.5. The lowest BCUT2D eigenvalue weighted by atomic mass is 10.0. The summed E-state index contributed by atoms with van der Waals surface area (Å²) in [6.45, 7) is 4.66. The number of nitrogens with zero attached hydrogens (tertiary/aromatic N) is 3. The predicted molar refractivity (Wildman–Crippen MR) is 106 cm³/mol. The third kappa shape index (κ3) is 4.67. The summed E-state index contributed by atoms with van der Waals surface area (Å²) in [7, 11) is 0. The number of carbonyl (C=O) groups is 1. The number of anilines is 2. The Kier molecular flexibility index (Phi) is 6.10.